The summed E-state index contributed by atoms with van der Waals surface area (Å²) >= 11 is 9.54. The summed E-state index contributed by atoms with van der Waals surface area (Å²) in [6.07, 6.45) is 1.91. The molecule has 0 aliphatic carbocycles. The maximum absolute atomic E-state index is 14.6. The van der Waals surface area contributed by atoms with Crippen LogP contribution in [0.2, 0.25) is 5.02 Å². The van der Waals surface area contributed by atoms with E-state index in [1.165, 1.54) is 29.2 Å². The van der Waals surface area contributed by atoms with Crippen molar-refractivity contribution in [3.8, 4) is 5.75 Å². The quantitative estimate of drug-likeness (QED) is 0.122. The molecule has 1 atom stereocenters. The molecular formula is C36H39BrClN3O5S. The van der Waals surface area contributed by atoms with E-state index in [2.05, 4.69) is 21.2 Å². The number of halogens is 2. The Bertz CT molecular complexity index is 1720. The summed E-state index contributed by atoms with van der Waals surface area (Å²) in [7, 11) is -4.30. The second-order valence-electron chi connectivity index (χ2n) is 10.9. The number of anilines is 1. The van der Waals surface area contributed by atoms with Crippen molar-refractivity contribution in [2.24, 2.45) is 0 Å². The Morgan fingerprint density at radius 1 is 0.872 bits per heavy atom. The number of carbonyl (C=O) groups excluding carboxylic acids is 2. The fourth-order valence-corrected chi connectivity index (χ4v) is 6.85. The van der Waals surface area contributed by atoms with E-state index < -0.39 is 28.5 Å². The molecule has 0 spiro atoms. The summed E-state index contributed by atoms with van der Waals surface area (Å²) in [5.74, 6) is -0.559. The first-order chi connectivity index (χ1) is 22.6. The zero-order valence-electron chi connectivity index (χ0n) is 26.4. The highest BCUT2D eigenvalue weighted by Crippen LogP contribution is 2.33. The number of carbonyl (C=O) groups is 2. The van der Waals surface area contributed by atoms with Crippen molar-refractivity contribution < 1.29 is 22.7 Å². The van der Waals surface area contributed by atoms with E-state index in [4.69, 9.17) is 16.3 Å². The van der Waals surface area contributed by atoms with Gasteiger partial charge in [-0.15, -0.1) is 0 Å². The van der Waals surface area contributed by atoms with E-state index >= 15 is 0 Å². The van der Waals surface area contributed by atoms with Gasteiger partial charge in [-0.3, -0.25) is 13.9 Å². The van der Waals surface area contributed by atoms with Crippen LogP contribution >= 0.6 is 27.5 Å². The van der Waals surface area contributed by atoms with Gasteiger partial charge in [-0.25, -0.2) is 8.42 Å². The van der Waals surface area contributed by atoms with Gasteiger partial charge in [0.05, 0.1) is 17.2 Å². The van der Waals surface area contributed by atoms with Crippen molar-refractivity contribution >= 4 is 55.1 Å². The molecule has 0 heterocycles. The molecule has 0 aromatic heterocycles. The molecule has 11 heteroatoms. The number of hydrogen-bond acceptors (Lipinski definition) is 5. The van der Waals surface area contributed by atoms with Gasteiger partial charge < -0.3 is 15.0 Å². The second-order valence-corrected chi connectivity index (χ2v) is 14.1. The highest BCUT2D eigenvalue weighted by atomic mass is 79.9. The number of ether oxygens (including phenoxy) is 1. The van der Waals surface area contributed by atoms with E-state index in [0.29, 0.717) is 17.3 Å². The summed E-state index contributed by atoms with van der Waals surface area (Å²) < 4.78 is 36.3. The fraction of sp³-hybridized carbons (Fsp3) is 0.278. The Morgan fingerprint density at radius 2 is 1.53 bits per heavy atom. The van der Waals surface area contributed by atoms with Gasteiger partial charge in [0.15, 0.2) is 0 Å². The molecule has 248 valence electrons. The number of para-hydroxylation sites is 2. The maximum atomic E-state index is 14.6. The van der Waals surface area contributed by atoms with Crippen LogP contribution in [0.15, 0.2) is 112 Å². The Balaban J connectivity index is 1.82. The van der Waals surface area contributed by atoms with Crippen LogP contribution in [-0.4, -0.2) is 50.9 Å². The normalized spacial score (nSPS) is 11.8. The first-order valence-corrected chi connectivity index (χ1v) is 18.1. The lowest BCUT2D eigenvalue weighted by atomic mass is 10.0. The molecule has 0 saturated carbocycles. The zero-order valence-corrected chi connectivity index (χ0v) is 29.6. The summed E-state index contributed by atoms with van der Waals surface area (Å²) in [6.45, 7) is 4.07. The maximum Gasteiger partial charge on any atom is 0.264 e. The van der Waals surface area contributed by atoms with E-state index in [1.54, 1.807) is 31.2 Å². The highest BCUT2D eigenvalue weighted by molar-refractivity contribution is 9.10. The molecule has 1 N–H and O–H groups in total. The van der Waals surface area contributed by atoms with Gasteiger partial charge in [0.1, 0.15) is 18.3 Å². The molecule has 0 fully saturated rings. The minimum Gasteiger partial charge on any atom is -0.492 e. The van der Waals surface area contributed by atoms with Crippen LogP contribution in [0.1, 0.15) is 37.8 Å². The van der Waals surface area contributed by atoms with Crippen LogP contribution in [0.25, 0.3) is 0 Å². The molecule has 4 aromatic rings. The standard InChI is InChI=1S/C36H39BrClN3O5S/c1-3-5-23-39-36(43)33(24-27-11-7-6-8-12-27)40(25-28-15-17-29(37)18-16-28)35(42)26-41(32-13-9-10-14-34(32)46-4-2)47(44,45)31-21-19-30(38)20-22-31/h6-22,33H,3-5,23-26H2,1-2H3,(H,39,43)/t33-/m1/s1. The molecule has 0 aliphatic heterocycles. The largest absolute Gasteiger partial charge is 0.492 e. The van der Waals surface area contributed by atoms with Crippen LogP contribution in [0.4, 0.5) is 5.69 Å². The Hall–Kier alpha value is -3.86. The van der Waals surface area contributed by atoms with Gasteiger partial charge in [-0.1, -0.05) is 95.5 Å². The van der Waals surface area contributed by atoms with Crippen molar-refractivity contribution in [3.05, 3.63) is 124 Å². The number of nitrogens with zero attached hydrogens (tertiary/aromatic N) is 2. The third-order valence-corrected chi connectivity index (χ3v) is 10.0. The first kappa shape index (κ1) is 36.0. The molecule has 0 aliphatic rings. The van der Waals surface area contributed by atoms with E-state index in [1.807, 2.05) is 61.5 Å². The van der Waals surface area contributed by atoms with Gasteiger partial charge in [-0.05, 0) is 73.0 Å². The number of hydrogen-bond donors (Lipinski definition) is 1. The Labute approximate surface area is 290 Å². The van der Waals surface area contributed by atoms with Gasteiger partial charge in [0.2, 0.25) is 11.8 Å². The summed E-state index contributed by atoms with van der Waals surface area (Å²) in [6, 6.07) is 28.5. The summed E-state index contributed by atoms with van der Waals surface area (Å²) in [5.41, 5.74) is 1.85. The molecule has 4 rings (SSSR count). The second kappa shape index (κ2) is 17.3. The molecule has 0 bridgehead atoms. The fourth-order valence-electron chi connectivity index (χ4n) is 5.03. The first-order valence-electron chi connectivity index (χ1n) is 15.5. The molecule has 0 saturated heterocycles. The average molecular weight is 741 g/mol. The summed E-state index contributed by atoms with van der Waals surface area (Å²) in [5, 5.41) is 3.38. The van der Waals surface area contributed by atoms with Crippen molar-refractivity contribution in [1.82, 2.24) is 10.2 Å². The number of sulfonamides is 1. The lowest BCUT2D eigenvalue weighted by Gasteiger charge is -2.34. The monoisotopic (exact) mass is 739 g/mol. The van der Waals surface area contributed by atoms with Gasteiger partial charge in [-0.2, -0.15) is 0 Å². The predicted molar refractivity (Wildman–Crippen MR) is 190 cm³/mol. The lowest BCUT2D eigenvalue weighted by molar-refractivity contribution is -0.140. The molecule has 2 amide bonds. The zero-order chi connectivity index (χ0) is 33.8. The van der Waals surface area contributed by atoms with Gasteiger partial charge in [0, 0.05) is 29.0 Å². The van der Waals surface area contributed by atoms with Crippen LogP contribution < -0.4 is 14.4 Å². The third-order valence-electron chi connectivity index (χ3n) is 7.48. The van der Waals surface area contributed by atoms with Crippen LogP contribution in [0.3, 0.4) is 0 Å². The van der Waals surface area contributed by atoms with E-state index in [9.17, 15) is 18.0 Å². The van der Waals surface area contributed by atoms with Crippen molar-refractivity contribution in [1.29, 1.82) is 0 Å². The van der Waals surface area contributed by atoms with Crippen molar-refractivity contribution in [3.63, 3.8) is 0 Å². The number of benzene rings is 4. The smallest absolute Gasteiger partial charge is 0.264 e. The van der Waals surface area contributed by atoms with Gasteiger partial charge in [0.25, 0.3) is 10.0 Å². The molecule has 0 radical (unpaired) electrons. The number of rotatable bonds is 16. The topological polar surface area (TPSA) is 96.0 Å². The highest BCUT2D eigenvalue weighted by Gasteiger charge is 2.35. The Kier molecular flexibility index (Phi) is 13.3. The minimum atomic E-state index is -4.30. The van der Waals surface area contributed by atoms with Crippen LogP contribution in [0, 0.1) is 0 Å². The van der Waals surface area contributed by atoms with E-state index in [-0.39, 0.29) is 36.1 Å². The van der Waals surface area contributed by atoms with Crippen molar-refractivity contribution in [2.75, 3.05) is 24.0 Å². The number of nitrogens with one attached hydrogen (secondary N) is 1. The van der Waals surface area contributed by atoms with E-state index in [0.717, 1.165) is 32.7 Å². The molecule has 4 aromatic carbocycles. The van der Waals surface area contributed by atoms with Crippen molar-refractivity contribution in [2.45, 2.75) is 50.6 Å². The van der Waals surface area contributed by atoms with Crippen LogP contribution in [-0.2, 0) is 32.6 Å². The SMILES string of the molecule is CCCCNC(=O)[C@@H](Cc1ccccc1)N(Cc1ccc(Br)cc1)C(=O)CN(c1ccccc1OCC)S(=O)(=O)c1ccc(Cl)cc1. The number of amides is 2. The third kappa shape index (κ3) is 9.82. The molecular weight excluding hydrogens is 702 g/mol. The number of unbranched alkanes of at least 4 members (excludes halogenated alkanes) is 1. The van der Waals surface area contributed by atoms with Crippen LogP contribution in [0.5, 0.6) is 5.75 Å². The average Bonchev–Trinajstić information content (AvgIpc) is 3.07. The lowest BCUT2D eigenvalue weighted by Crippen LogP contribution is -2.53. The Morgan fingerprint density at radius 3 is 2.19 bits per heavy atom. The summed E-state index contributed by atoms with van der Waals surface area (Å²) in [4.78, 5) is 29.9. The predicted octanol–water partition coefficient (Wildman–Crippen LogP) is 7.25. The molecule has 8 nitrogen and oxygen atoms in total. The minimum absolute atomic E-state index is 0.0430. The molecule has 47 heavy (non-hydrogen) atoms. The molecule has 0 unspecified atom stereocenters. The van der Waals surface area contributed by atoms with Gasteiger partial charge >= 0.3 is 0 Å².